The molecule has 0 unspecified atom stereocenters. The van der Waals surface area contributed by atoms with Crippen LogP contribution in [0.1, 0.15) is 37.8 Å². The number of hydrogen-bond acceptors (Lipinski definition) is 2. The molecular weight excluding hydrogens is 214 g/mol. The monoisotopic (exact) mass is 233 g/mol. The molecule has 1 aliphatic heterocycles. The highest BCUT2D eigenvalue weighted by atomic mass is 16.5. The smallest absolute Gasteiger partial charge is 0.410 e. The molecule has 3 heteroatoms. The van der Waals surface area contributed by atoms with E-state index in [1.807, 2.05) is 23.1 Å². The second-order valence-corrected chi connectivity index (χ2v) is 4.58. The minimum absolute atomic E-state index is 0.160. The lowest BCUT2D eigenvalue weighted by molar-refractivity contribution is 0.0634. The summed E-state index contributed by atoms with van der Waals surface area (Å²) in [7, 11) is 1.45. The summed E-state index contributed by atoms with van der Waals surface area (Å²) in [5, 5.41) is 0. The van der Waals surface area contributed by atoms with Crippen molar-refractivity contribution in [2.24, 2.45) is 0 Å². The maximum atomic E-state index is 11.9. The van der Waals surface area contributed by atoms with E-state index in [1.54, 1.807) is 0 Å². The van der Waals surface area contributed by atoms with Gasteiger partial charge in [0, 0.05) is 6.04 Å². The van der Waals surface area contributed by atoms with Crippen LogP contribution in [0, 0.1) is 0 Å². The molecule has 1 fully saturated rings. The number of carbonyl (C=O) groups is 1. The number of methoxy groups -OCH3 is 1. The summed E-state index contributed by atoms with van der Waals surface area (Å²) in [6.45, 7) is 2.09. The number of nitrogens with zero attached hydrogens (tertiary/aromatic N) is 1. The van der Waals surface area contributed by atoms with Gasteiger partial charge in [-0.05, 0) is 31.7 Å². The summed E-state index contributed by atoms with van der Waals surface area (Å²) in [6, 6.07) is 10.6. The standard InChI is InChI=1S/C14H19NO2/c1-11-7-6-10-13(15(11)14(16)17-2)12-8-4-3-5-9-12/h3-5,8-9,11,13H,6-7,10H2,1-2H3/t11-,13-/m0/s1. The number of rotatable bonds is 1. The fourth-order valence-corrected chi connectivity index (χ4v) is 2.61. The van der Waals surface area contributed by atoms with Gasteiger partial charge in [0.15, 0.2) is 0 Å². The molecule has 0 aromatic heterocycles. The van der Waals surface area contributed by atoms with Gasteiger partial charge in [-0.3, -0.25) is 4.90 Å². The van der Waals surface area contributed by atoms with E-state index in [0.717, 1.165) is 19.3 Å². The van der Waals surface area contributed by atoms with Crippen molar-refractivity contribution in [1.29, 1.82) is 0 Å². The molecule has 0 N–H and O–H groups in total. The number of carbonyl (C=O) groups excluding carboxylic acids is 1. The molecule has 0 aliphatic carbocycles. The molecule has 1 aliphatic rings. The molecule has 3 nitrogen and oxygen atoms in total. The van der Waals surface area contributed by atoms with Crippen LogP contribution in [0.15, 0.2) is 30.3 Å². The Balaban J connectivity index is 2.27. The molecule has 0 saturated carbocycles. The van der Waals surface area contributed by atoms with Crippen LogP contribution >= 0.6 is 0 Å². The van der Waals surface area contributed by atoms with E-state index in [2.05, 4.69) is 19.1 Å². The predicted octanol–water partition coefficient (Wildman–Crippen LogP) is 3.37. The molecule has 1 saturated heterocycles. The number of hydrogen-bond donors (Lipinski definition) is 0. The van der Waals surface area contributed by atoms with Gasteiger partial charge in [-0.25, -0.2) is 4.79 Å². The zero-order chi connectivity index (χ0) is 12.3. The summed E-state index contributed by atoms with van der Waals surface area (Å²) in [4.78, 5) is 13.7. The Bertz CT molecular complexity index is 377. The van der Waals surface area contributed by atoms with Crippen LogP contribution in [0.3, 0.4) is 0 Å². The Hall–Kier alpha value is -1.51. The van der Waals surface area contributed by atoms with Crippen LogP contribution in [-0.2, 0) is 4.74 Å². The molecule has 1 aromatic carbocycles. The molecule has 92 valence electrons. The molecule has 1 heterocycles. The van der Waals surface area contributed by atoms with Gasteiger partial charge in [0.1, 0.15) is 0 Å². The third-order valence-corrected chi connectivity index (χ3v) is 3.48. The van der Waals surface area contributed by atoms with E-state index < -0.39 is 0 Å². The van der Waals surface area contributed by atoms with Crippen LogP contribution in [0.5, 0.6) is 0 Å². The van der Waals surface area contributed by atoms with E-state index in [4.69, 9.17) is 4.74 Å². The fourth-order valence-electron chi connectivity index (χ4n) is 2.61. The minimum Gasteiger partial charge on any atom is -0.453 e. The van der Waals surface area contributed by atoms with E-state index in [0.29, 0.717) is 0 Å². The molecular formula is C14H19NO2. The number of piperidine rings is 1. The number of ether oxygens (including phenoxy) is 1. The maximum absolute atomic E-state index is 11.9. The van der Waals surface area contributed by atoms with Crippen molar-refractivity contribution >= 4 is 6.09 Å². The Morgan fingerprint density at radius 2 is 2.00 bits per heavy atom. The number of benzene rings is 1. The average Bonchev–Trinajstić information content (AvgIpc) is 2.38. The highest BCUT2D eigenvalue weighted by molar-refractivity contribution is 5.68. The summed E-state index contributed by atoms with van der Waals surface area (Å²) in [6.07, 6.45) is 3.02. The Morgan fingerprint density at radius 1 is 1.29 bits per heavy atom. The van der Waals surface area contributed by atoms with Gasteiger partial charge >= 0.3 is 6.09 Å². The van der Waals surface area contributed by atoms with Crippen molar-refractivity contribution in [2.45, 2.75) is 38.3 Å². The van der Waals surface area contributed by atoms with Crippen molar-refractivity contribution in [3.05, 3.63) is 35.9 Å². The van der Waals surface area contributed by atoms with E-state index in [9.17, 15) is 4.79 Å². The van der Waals surface area contributed by atoms with Gasteiger partial charge in [-0.15, -0.1) is 0 Å². The van der Waals surface area contributed by atoms with Gasteiger partial charge in [0.05, 0.1) is 13.2 Å². The van der Waals surface area contributed by atoms with E-state index in [-0.39, 0.29) is 18.2 Å². The molecule has 2 rings (SSSR count). The summed E-state index contributed by atoms with van der Waals surface area (Å²) in [5.74, 6) is 0. The van der Waals surface area contributed by atoms with Crippen LogP contribution in [-0.4, -0.2) is 24.1 Å². The van der Waals surface area contributed by atoms with Crippen LogP contribution in [0.4, 0.5) is 4.79 Å². The predicted molar refractivity (Wildman–Crippen MR) is 66.7 cm³/mol. The minimum atomic E-state index is -0.217. The largest absolute Gasteiger partial charge is 0.453 e. The quantitative estimate of drug-likeness (QED) is 0.744. The lowest BCUT2D eigenvalue weighted by Crippen LogP contribution is -2.44. The Morgan fingerprint density at radius 3 is 2.65 bits per heavy atom. The van der Waals surface area contributed by atoms with Gasteiger partial charge < -0.3 is 4.74 Å². The zero-order valence-corrected chi connectivity index (χ0v) is 10.4. The molecule has 1 amide bonds. The normalized spacial score (nSPS) is 24.5. The first-order valence-electron chi connectivity index (χ1n) is 6.15. The fraction of sp³-hybridized carbons (Fsp3) is 0.500. The second-order valence-electron chi connectivity index (χ2n) is 4.58. The van der Waals surface area contributed by atoms with Crippen molar-refractivity contribution in [2.75, 3.05) is 7.11 Å². The summed E-state index contributed by atoms with van der Waals surface area (Å²) in [5.41, 5.74) is 1.20. The number of likely N-dealkylation sites (tertiary alicyclic amines) is 1. The van der Waals surface area contributed by atoms with Crippen molar-refractivity contribution in [1.82, 2.24) is 4.90 Å². The Kier molecular flexibility index (Phi) is 3.67. The molecule has 1 aromatic rings. The second kappa shape index (κ2) is 5.21. The maximum Gasteiger partial charge on any atom is 0.410 e. The van der Waals surface area contributed by atoms with Crippen LogP contribution < -0.4 is 0 Å². The third kappa shape index (κ3) is 2.43. The summed E-state index contributed by atoms with van der Waals surface area (Å²) >= 11 is 0. The molecule has 0 spiro atoms. The molecule has 2 atom stereocenters. The summed E-state index contributed by atoms with van der Waals surface area (Å²) < 4.78 is 4.90. The van der Waals surface area contributed by atoms with Gasteiger partial charge in [-0.1, -0.05) is 30.3 Å². The lowest BCUT2D eigenvalue weighted by Gasteiger charge is -2.39. The Labute approximate surface area is 102 Å². The van der Waals surface area contributed by atoms with Gasteiger partial charge in [0.25, 0.3) is 0 Å². The van der Waals surface area contributed by atoms with Gasteiger partial charge in [0.2, 0.25) is 0 Å². The molecule has 0 radical (unpaired) electrons. The zero-order valence-electron chi connectivity index (χ0n) is 10.4. The van der Waals surface area contributed by atoms with E-state index >= 15 is 0 Å². The first-order valence-corrected chi connectivity index (χ1v) is 6.15. The molecule has 17 heavy (non-hydrogen) atoms. The topological polar surface area (TPSA) is 29.5 Å². The van der Waals surface area contributed by atoms with Gasteiger partial charge in [-0.2, -0.15) is 0 Å². The third-order valence-electron chi connectivity index (χ3n) is 3.48. The van der Waals surface area contributed by atoms with Crippen LogP contribution in [0.2, 0.25) is 0 Å². The number of amides is 1. The molecule has 0 bridgehead atoms. The highest BCUT2D eigenvalue weighted by Gasteiger charge is 2.33. The van der Waals surface area contributed by atoms with Crippen LogP contribution in [0.25, 0.3) is 0 Å². The lowest BCUT2D eigenvalue weighted by atomic mass is 9.92. The first-order chi connectivity index (χ1) is 8.24. The van der Waals surface area contributed by atoms with Crippen molar-refractivity contribution in [3.8, 4) is 0 Å². The van der Waals surface area contributed by atoms with E-state index in [1.165, 1.54) is 12.7 Å². The average molecular weight is 233 g/mol. The SMILES string of the molecule is COC(=O)N1[C@@H](C)CCC[C@H]1c1ccccc1. The highest BCUT2D eigenvalue weighted by Crippen LogP contribution is 2.34. The van der Waals surface area contributed by atoms with Crippen molar-refractivity contribution in [3.63, 3.8) is 0 Å². The first kappa shape index (κ1) is 12.0. The van der Waals surface area contributed by atoms with Crippen molar-refractivity contribution < 1.29 is 9.53 Å².